The van der Waals surface area contributed by atoms with Gasteiger partial charge in [0, 0.05) is 29.7 Å². The maximum Gasteiger partial charge on any atom is 0.269 e. The Kier molecular flexibility index (Phi) is 3.46. The normalized spacial score (nSPS) is 28.8. The van der Waals surface area contributed by atoms with Crippen molar-refractivity contribution < 1.29 is 4.92 Å². The molecule has 2 fully saturated rings. The second-order valence-corrected chi connectivity index (χ2v) is 6.10. The summed E-state index contributed by atoms with van der Waals surface area (Å²) in [7, 11) is 0. The fourth-order valence-electron chi connectivity index (χ4n) is 3.55. The summed E-state index contributed by atoms with van der Waals surface area (Å²) < 4.78 is 0. The molecule has 0 aromatic heterocycles. The number of nitrogens with one attached hydrogen (secondary N) is 1. The number of halogens is 1. The molecule has 0 amide bonds. The Labute approximate surface area is 117 Å². The van der Waals surface area contributed by atoms with Crippen molar-refractivity contribution in [2.75, 3.05) is 0 Å². The van der Waals surface area contributed by atoms with Crippen LogP contribution in [0.2, 0.25) is 5.02 Å². The number of nitro benzene ring substituents is 1. The van der Waals surface area contributed by atoms with Gasteiger partial charge in [0.05, 0.1) is 4.92 Å². The summed E-state index contributed by atoms with van der Waals surface area (Å²) in [5, 5.41) is 14.9. The van der Waals surface area contributed by atoms with E-state index >= 15 is 0 Å². The van der Waals surface area contributed by atoms with E-state index in [1.165, 1.54) is 31.7 Å². The first-order valence-electron chi connectivity index (χ1n) is 6.79. The van der Waals surface area contributed by atoms with Crippen molar-refractivity contribution >= 4 is 17.3 Å². The van der Waals surface area contributed by atoms with Crippen molar-refractivity contribution in [3.8, 4) is 0 Å². The van der Waals surface area contributed by atoms with Gasteiger partial charge in [0.15, 0.2) is 0 Å². The standard InChI is InChI=1S/C14H17ClN2O2/c15-13-4-3-12(17(18)19)7-11(13)8-16-14-6-9-1-2-10(14)5-9/h3-4,7,9-10,14,16H,1-2,5-6,8H2. The summed E-state index contributed by atoms with van der Waals surface area (Å²) in [5.41, 5.74) is 0.924. The first-order valence-corrected chi connectivity index (χ1v) is 7.17. The topological polar surface area (TPSA) is 55.2 Å². The fraction of sp³-hybridized carbons (Fsp3) is 0.571. The van der Waals surface area contributed by atoms with Crippen molar-refractivity contribution in [1.29, 1.82) is 0 Å². The highest BCUT2D eigenvalue weighted by Crippen LogP contribution is 2.44. The lowest BCUT2D eigenvalue weighted by Gasteiger charge is -2.23. The van der Waals surface area contributed by atoms with Gasteiger partial charge in [0.1, 0.15) is 0 Å². The molecule has 0 radical (unpaired) electrons. The van der Waals surface area contributed by atoms with Gasteiger partial charge in [-0.2, -0.15) is 0 Å². The van der Waals surface area contributed by atoms with E-state index in [-0.39, 0.29) is 10.6 Å². The number of hydrogen-bond donors (Lipinski definition) is 1. The first kappa shape index (κ1) is 12.9. The molecule has 0 aliphatic heterocycles. The molecule has 4 nitrogen and oxygen atoms in total. The minimum Gasteiger partial charge on any atom is -0.310 e. The zero-order valence-corrected chi connectivity index (χ0v) is 11.4. The van der Waals surface area contributed by atoms with Crippen LogP contribution in [0.4, 0.5) is 5.69 Å². The largest absolute Gasteiger partial charge is 0.310 e. The Morgan fingerprint density at radius 2 is 2.21 bits per heavy atom. The molecule has 1 aromatic rings. The monoisotopic (exact) mass is 280 g/mol. The van der Waals surface area contributed by atoms with Crippen LogP contribution >= 0.6 is 11.6 Å². The molecule has 1 aromatic carbocycles. The number of rotatable bonds is 4. The molecule has 3 atom stereocenters. The summed E-state index contributed by atoms with van der Waals surface area (Å²) >= 11 is 6.10. The van der Waals surface area contributed by atoms with Gasteiger partial charge in [-0.25, -0.2) is 0 Å². The van der Waals surface area contributed by atoms with Gasteiger partial charge in [-0.1, -0.05) is 18.0 Å². The first-order chi connectivity index (χ1) is 9.13. The molecule has 5 heteroatoms. The second-order valence-electron chi connectivity index (χ2n) is 5.70. The van der Waals surface area contributed by atoms with Crippen molar-refractivity contribution in [1.82, 2.24) is 5.32 Å². The fourth-order valence-corrected chi connectivity index (χ4v) is 3.73. The van der Waals surface area contributed by atoms with Crippen LogP contribution < -0.4 is 5.32 Å². The minimum absolute atomic E-state index is 0.106. The second kappa shape index (κ2) is 5.10. The van der Waals surface area contributed by atoms with Crippen LogP contribution in [0, 0.1) is 22.0 Å². The summed E-state index contributed by atoms with van der Waals surface area (Å²) in [6.45, 7) is 0.619. The van der Waals surface area contributed by atoms with Crippen LogP contribution in [0.1, 0.15) is 31.2 Å². The van der Waals surface area contributed by atoms with Gasteiger partial charge in [-0.05, 0) is 42.7 Å². The van der Waals surface area contributed by atoms with E-state index in [4.69, 9.17) is 11.6 Å². The predicted molar refractivity (Wildman–Crippen MR) is 74.2 cm³/mol. The van der Waals surface area contributed by atoms with E-state index in [0.717, 1.165) is 17.4 Å². The van der Waals surface area contributed by atoms with Gasteiger partial charge in [0.2, 0.25) is 0 Å². The van der Waals surface area contributed by atoms with Crippen LogP contribution in [0.5, 0.6) is 0 Å². The quantitative estimate of drug-likeness (QED) is 0.678. The molecule has 2 bridgehead atoms. The van der Waals surface area contributed by atoms with Gasteiger partial charge >= 0.3 is 0 Å². The van der Waals surface area contributed by atoms with E-state index < -0.39 is 0 Å². The average molecular weight is 281 g/mol. The molecule has 0 heterocycles. The van der Waals surface area contributed by atoms with E-state index in [0.29, 0.717) is 17.6 Å². The molecular weight excluding hydrogens is 264 g/mol. The lowest BCUT2D eigenvalue weighted by molar-refractivity contribution is -0.384. The minimum atomic E-state index is -0.378. The summed E-state index contributed by atoms with van der Waals surface area (Å²) in [6.07, 6.45) is 5.29. The SMILES string of the molecule is O=[N+]([O-])c1ccc(Cl)c(CNC2CC3CCC2C3)c1. The molecule has 19 heavy (non-hydrogen) atoms. The third-order valence-electron chi connectivity index (χ3n) is 4.53. The molecule has 0 saturated heterocycles. The lowest BCUT2D eigenvalue weighted by atomic mass is 9.95. The van der Waals surface area contributed by atoms with Gasteiger partial charge in [-0.15, -0.1) is 0 Å². The highest BCUT2D eigenvalue weighted by Gasteiger charge is 2.39. The maximum absolute atomic E-state index is 10.8. The van der Waals surface area contributed by atoms with Gasteiger partial charge in [0.25, 0.3) is 5.69 Å². The van der Waals surface area contributed by atoms with Crippen molar-refractivity contribution in [3.63, 3.8) is 0 Å². The highest BCUT2D eigenvalue weighted by atomic mass is 35.5. The third-order valence-corrected chi connectivity index (χ3v) is 4.90. The van der Waals surface area contributed by atoms with Crippen LogP contribution in [-0.2, 0) is 6.54 Å². The summed E-state index contributed by atoms with van der Waals surface area (Å²) in [4.78, 5) is 10.4. The smallest absolute Gasteiger partial charge is 0.269 e. The summed E-state index contributed by atoms with van der Waals surface area (Å²) in [5.74, 6) is 1.69. The Morgan fingerprint density at radius 1 is 1.37 bits per heavy atom. The molecular formula is C14H17ClN2O2. The van der Waals surface area contributed by atoms with Crippen LogP contribution in [0.3, 0.4) is 0 Å². The molecule has 1 N–H and O–H groups in total. The lowest BCUT2D eigenvalue weighted by Crippen LogP contribution is -2.33. The van der Waals surface area contributed by atoms with E-state index in [2.05, 4.69) is 5.32 Å². The van der Waals surface area contributed by atoms with Crippen LogP contribution in [0.15, 0.2) is 18.2 Å². The number of non-ortho nitro benzene ring substituents is 1. The van der Waals surface area contributed by atoms with Crippen LogP contribution in [0.25, 0.3) is 0 Å². The van der Waals surface area contributed by atoms with Crippen molar-refractivity contribution in [3.05, 3.63) is 38.9 Å². The summed E-state index contributed by atoms with van der Waals surface area (Å²) in [6, 6.07) is 5.19. The zero-order valence-electron chi connectivity index (χ0n) is 10.6. The number of benzene rings is 1. The molecule has 102 valence electrons. The van der Waals surface area contributed by atoms with Crippen molar-refractivity contribution in [2.45, 2.75) is 38.3 Å². The Hall–Kier alpha value is -1.13. The Balaban J connectivity index is 1.66. The predicted octanol–water partition coefficient (Wildman–Crippen LogP) is 3.53. The molecule has 2 aliphatic rings. The van der Waals surface area contributed by atoms with E-state index in [1.807, 2.05) is 0 Å². The molecule has 2 saturated carbocycles. The molecule has 2 aliphatic carbocycles. The van der Waals surface area contributed by atoms with Crippen LogP contribution in [-0.4, -0.2) is 11.0 Å². The average Bonchev–Trinajstić information content (AvgIpc) is 2.99. The Bertz CT molecular complexity index is 506. The molecule has 3 unspecified atom stereocenters. The van der Waals surface area contributed by atoms with Gasteiger partial charge < -0.3 is 5.32 Å². The maximum atomic E-state index is 10.8. The third kappa shape index (κ3) is 2.60. The number of nitro groups is 1. The van der Waals surface area contributed by atoms with Gasteiger partial charge in [-0.3, -0.25) is 10.1 Å². The zero-order chi connectivity index (χ0) is 13.4. The Morgan fingerprint density at radius 3 is 2.84 bits per heavy atom. The van der Waals surface area contributed by atoms with E-state index in [1.54, 1.807) is 12.1 Å². The molecule has 0 spiro atoms. The number of hydrogen-bond acceptors (Lipinski definition) is 3. The number of nitrogens with zero attached hydrogens (tertiary/aromatic N) is 1. The number of fused-ring (bicyclic) bond motifs is 2. The molecule has 3 rings (SSSR count). The van der Waals surface area contributed by atoms with Crippen molar-refractivity contribution in [2.24, 2.45) is 11.8 Å². The van der Waals surface area contributed by atoms with E-state index in [9.17, 15) is 10.1 Å². The highest BCUT2D eigenvalue weighted by molar-refractivity contribution is 6.31.